The summed E-state index contributed by atoms with van der Waals surface area (Å²) in [6, 6.07) is 2.30. The van der Waals surface area contributed by atoms with Gasteiger partial charge in [-0.25, -0.2) is 0 Å². The molecule has 0 amide bonds. The fourth-order valence-corrected chi connectivity index (χ4v) is 1.78. The summed E-state index contributed by atoms with van der Waals surface area (Å²) in [6.07, 6.45) is 4.57. The second-order valence-corrected chi connectivity index (χ2v) is 4.08. The highest BCUT2D eigenvalue weighted by Crippen LogP contribution is 2.28. The zero-order valence-electron chi connectivity index (χ0n) is 8.21. The van der Waals surface area contributed by atoms with E-state index in [0.29, 0.717) is 13.0 Å². The molecule has 1 atom stereocenters. The summed E-state index contributed by atoms with van der Waals surface area (Å²) in [5.41, 5.74) is -0.496. The molecule has 0 spiro atoms. The Hall–Kier alpha value is -0.590. The number of hydrogen-bond donors (Lipinski definition) is 2. The van der Waals surface area contributed by atoms with Crippen molar-refractivity contribution in [3.8, 4) is 6.07 Å². The van der Waals surface area contributed by atoms with Gasteiger partial charge in [0.05, 0.1) is 18.1 Å². The van der Waals surface area contributed by atoms with E-state index in [1.165, 1.54) is 0 Å². The normalized spacial score (nSPS) is 22.5. The van der Waals surface area contributed by atoms with Crippen LogP contribution in [0.25, 0.3) is 0 Å². The maximum Gasteiger partial charge on any atom is 0.0771 e. The molecule has 0 aromatic carbocycles. The van der Waals surface area contributed by atoms with E-state index in [1.54, 1.807) is 0 Å². The van der Waals surface area contributed by atoms with Gasteiger partial charge in [-0.2, -0.15) is 5.26 Å². The van der Waals surface area contributed by atoms with Crippen molar-refractivity contribution in [3.63, 3.8) is 0 Å². The molecule has 1 fully saturated rings. The van der Waals surface area contributed by atoms with Gasteiger partial charge < -0.3 is 10.4 Å². The van der Waals surface area contributed by atoms with Crippen LogP contribution in [0.2, 0.25) is 0 Å². The van der Waals surface area contributed by atoms with Crippen LogP contribution in [0.1, 0.15) is 39.0 Å². The summed E-state index contributed by atoms with van der Waals surface area (Å²) in [5, 5.41) is 21.6. The van der Waals surface area contributed by atoms with E-state index in [1.807, 2.05) is 6.92 Å². The van der Waals surface area contributed by atoms with Crippen molar-refractivity contribution in [2.24, 2.45) is 0 Å². The Labute approximate surface area is 79.8 Å². The van der Waals surface area contributed by atoms with E-state index < -0.39 is 5.60 Å². The average molecular weight is 182 g/mol. The predicted octanol–water partition coefficient (Wildman–Crippen LogP) is 1.18. The first kappa shape index (κ1) is 10.5. The molecule has 1 saturated carbocycles. The van der Waals surface area contributed by atoms with E-state index in [4.69, 9.17) is 5.26 Å². The van der Waals surface area contributed by atoms with Crippen LogP contribution in [0.4, 0.5) is 0 Å². The molecule has 1 rings (SSSR count). The van der Waals surface area contributed by atoms with Crippen LogP contribution in [0.5, 0.6) is 0 Å². The second-order valence-electron chi connectivity index (χ2n) is 4.08. The Morgan fingerprint density at radius 2 is 2.15 bits per heavy atom. The molecule has 2 N–H and O–H groups in total. The lowest BCUT2D eigenvalue weighted by molar-refractivity contribution is 0.0455. The van der Waals surface area contributed by atoms with Gasteiger partial charge in [0, 0.05) is 12.6 Å². The molecule has 1 unspecified atom stereocenters. The van der Waals surface area contributed by atoms with E-state index in [9.17, 15) is 5.11 Å². The standard InChI is InChI=1S/C10H18N2O/c1-9(4-7-11)12-8-10(13)5-2-3-6-10/h9,12-13H,2-6,8H2,1H3. The molecular formula is C10H18N2O. The molecule has 3 nitrogen and oxygen atoms in total. The number of nitrogens with one attached hydrogen (secondary N) is 1. The van der Waals surface area contributed by atoms with E-state index in [0.717, 1.165) is 25.7 Å². The highest BCUT2D eigenvalue weighted by Gasteiger charge is 2.30. The third-order valence-corrected chi connectivity index (χ3v) is 2.71. The minimum absolute atomic E-state index is 0.189. The zero-order chi connectivity index (χ0) is 9.73. The van der Waals surface area contributed by atoms with Gasteiger partial charge in [0.25, 0.3) is 0 Å². The van der Waals surface area contributed by atoms with Crippen LogP contribution >= 0.6 is 0 Å². The SMILES string of the molecule is CC(CC#N)NCC1(O)CCCC1. The summed E-state index contributed by atoms with van der Waals surface area (Å²) in [4.78, 5) is 0. The lowest BCUT2D eigenvalue weighted by atomic mass is 10.0. The van der Waals surface area contributed by atoms with Gasteiger partial charge in [0.1, 0.15) is 0 Å². The van der Waals surface area contributed by atoms with Gasteiger partial charge >= 0.3 is 0 Å². The average Bonchev–Trinajstić information content (AvgIpc) is 2.51. The molecular weight excluding hydrogens is 164 g/mol. The molecule has 1 aliphatic rings. The van der Waals surface area contributed by atoms with Crippen LogP contribution < -0.4 is 5.32 Å². The molecule has 0 heterocycles. The fraction of sp³-hybridized carbons (Fsp3) is 0.900. The van der Waals surface area contributed by atoms with Crippen LogP contribution in [-0.4, -0.2) is 23.3 Å². The van der Waals surface area contributed by atoms with Crippen LogP contribution in [0.15, 0.2) is 0 Å². The number of nitrogens with zero attached hydrogens (tertiary/aromatic N) is 1. The minimum Gasteiger partial charge on any atom is -0.389 e. The summed E-state index contributed by atoms with van der Waals surface area (Å²) < 4.78 is 0. The molecule has 3 heteroatoms. The first-order chi connectivity index (χ1) is 6.16. The van der Waals surface area contributed by atoms with Crippen LogP contribution in [0.3, 0.4) is 0 Å². The zero-order valence-corrected chi connectivity index (χ0v) is 8.21. The monoisotopic (exact) mass is 182 g/mol. The Kier molecular flexibility index (Phi) is 3.71. The molecule has 74 valence electrons. The molecule has 13 heavy (non-hydrogen) atoms. The van der Waals surface area contributed by atoms with Crippen molar-refractivity contribution in [2.45, 2.75) is 50.7 Å². The summed E-state index contributed by atoms with van der Waals surface area (Å²) >= 11 is 0. The van der Waals surface area contributed by atoms with E-state index >= 15 is 0 Å². The van der Waals surface area contributed by atoms with Gasteiger partial charge in [0.2, 0.25) is 0 Å². The quantitative estimate of drug-likeness (QED) is 0.686. The lowest BCUT2D eigenvalue weighted by Crippen LogP contribution is -2.41. The summed E-state index contributed by atoms with van der Waals surface area (Å²) in [7, 11) is 0. The van der Waals surface area contributed by atoms with Gasteiger partial charge in [0.15, 0.2) is 0 Å². The highest BCUT2D eigenvalue weighted by atomic mass is 16.3. The Morgan fingerprint density at radius 3 is 2.69 bits per heavy atom. The van der Waals surface area contributed by atoms with Gasteiger partial charge in [-0.15, -0.1) is 0 Å². The van der Waals surface area contributed by atoms with Gasteiger partial charge in [-0.1, -0.05) is 12.8 Å². The summed E-state index contributed by atoms with van der Waals surface area (Å²) in [6.45, 7) is 2.61. The van der Waals surface area contributed by atoms with E-state index in [2.05, 4.69) is 11.4 Å². The first-order valence-electron chi connectivity index (χ1n) is 4.99. The maximum atomic E-state index is 9.96. The lowest BCUT2D eigenvalue weighted by Gasteiger charge is -2.24. The largest absolute Gasteiger partial charge is 0.389 e. The topological polar surface area (TPSA) is 56.0 Å². The Bertz CT molecular complexity index is 192. The molecule has 0 aliphatic heterocycles. The first-order valence-corrected chi connectivity index (χ1v) is 4.99. The molecule has 0 radical (unpaired) electrons. The van der Waals surface area contributed by atoms with Gasteiger partial charge in [-0.3, -0.25) is 0 Å². The van der Waals surface area contributed by atoms with Crippen molar-refractivity contribution in [1.82, 2.24) is 5.32 Å². The van der Waals surface area contributed by atoms with Crippen LogP contribution in [0, 0.1) is 11.3 Å². The van der Waals surface area contributed by atoms with E-state index in [-0.39, 0.29) is 6.04 Å². The smallest absolute Gasteiger partial charge is 0.0771 e. The molecule has 0 saturated heterocycles. The van der Waals surface area contributed by atoms with Crippen LogP contribution in [-0.2, 0) is 0 Å². The van der Waals surface area contributed by atoms with Gasteiger partial charge in [-0.05, 0) is 19.8 Å². The van der Waals surface area contributed by atoms with Crippen molar-refractivity contribution < 1.29 is 5.11 Å². The van der Waals surface area contributed by atoms with Crippen molar-refractivity contribution in [1.29, 1.82) is 5.26 Å². The number of nitriles is 1. The molecule has 1 aliphatic carbocycles. The predicted molar refractivity (Wildman–Crippen MR) is 51.1 cm³/mol. The fourth-order valence-electron chi connectivity index (χ4n) is 1.78. The second kappa shape index (κ2) is 4.59. The molecule has 0 bridgehead atoms. The minimum atomic E-state index is -0.496. The Morgan fingerprint density at radius 1 is 1.54 bits per heavy atom. The van der Waals surface area contributed by atoms with Crippen molar-refractivity contribution in [3.05, 3.63) is 0 Å². The number of aliphatic hydroxyl groups is 1. The third kappa shape index (κ3) is 3.33. The number of hydrogen-bond acceptors (Lipinski definition) is 3. The number of rotatable bonds is 4. The summed E-state index contributed by atoms with van der Waals surface area (Å²) in [5.74, 6) is 0. The Balaban J connectivity index is 2.21. The molecule has 0 aromatic heterocycles. The third-order valence-electron chi connectivity index (χ3n) is 2.71. The highest BCUT2D eigenvalue weighted by molar-refractivity contribution is 4.88. The maximum absolute atomic E-state index is 9.96. The van der Waals surface area contributed by atoms with Crippen molar-refractivity contribution in [2.75, 3.05) is 6.54 Å². The molecule has 0 aromatic rings. The van der Waals surface area contributed by atoms with Crippen molar-refractivity contribution >= 4 is 0 Å².